The Hall–Kier alpha value is -0.600. The molecule has 9 atom stereocenters. The van der Waals surface area contributed by atoms with Crippen molar-refractivity contribution in [2.45, 2.75) is 111 Å². The minimum absolute atomic E-state index is 0.110. The first-order chi connectivity index (χ1) is 14.5. The van der Waals surface area contributed by atoms with Gasteiger partial charge in [0.15, 0.2) is 0 Å². The van der Waals surface area contributed by atoms with Crippen molar-refractivity contribution in [1.29, 1.82) is 0 Å². The molecule has 3 fully saturated rings. The molecule has 0 aromatic carbocycles. The third-order valence-corrected chi connectivity index (χ3v) is 11.2. The first kappa shape index (κ1) is 23.6. The van der Waals surface area contributed by atoms with Crippen molar-refractivity contribution >= 4 is 0 Å². The molecule has 0 radical (unpaired) electrons. The summed E-state index contributed by atoms with van der Waals surface area (Å²) in [7, 11) is 0. The third kappa shape index (κ3) is 3.78. The quantitative estimate of drug-likeness (QED) is 0.451. The molecule has 0 amide bonds. The van der Waals surface area contributed by atoms with E-state index in [0.717, 1.165) is 49.4 Å². The van der Waals surface area contributed by atoms with E-state index in [1.54, 1.807) is 11.6 Å². The summed E-state index contributed by atoms with van der Waals surface area (Å²) in [5, 5.41) is 21.2. The molecule has 0 spiro atoms. The monoisotopic (exact) mass is 428 g/mol. The maximum Gasteiger partial charge on any atom is 0.0847 e. The van der Waals surface area contributed by atoms with Crippen LogP contribution in [-0.2, 0) is 0 Å². The maximum absolute atomic E-state index is 11.0. The van der Waals surface area contributed by atoms with Gasteiger partial charge in [0, 0.05) is 0 Å². The Morgan fingerprint density at radius 2 is 1.87 bits per heavy atom. The van der Waals surface area contributed by atoms with Crippen molar-refractivity contribution in [2.24, 2.45) is 46.3 Å². The Morgan fingerprint density at radius 3 is 2.55 bits per heavy atom. The molecule has 2 nitrogen and oxygen atoms in total. The Bertz CT molecular complexity index is 710. The zero-order valence-corrected chi connectivity index (χ0v) is 20.9. The molecular weight excluding hydrogens is 380 g/mol. The van der Waals surface area contributed by atoms with Crippen LogP contribution >= 0.6 is 0 Å². The minimum atomic E-state index is -0.727. The van der Waals surface area contributed by atoms with Gasteiger partial charge in [-0.15, -0.1) is 6.58 Å². The van der Waals surface area contributed by atoms with Gasteiger partial charge in [-0.25, -0.2) is 0 Å². The van der Waals surface area contributed by atoms with Crippen molar-refractivity contribution in [2.75, 3.05) is 0 Å². The Morgan fingerprint density at radius 1 is 1.13 bits per heavy atom. The molecule has 3 saturated carbocycles. The molecular formula is C29H48O2. The van der Waals surface area contributed by atoms with Crippen LogP contribution in [-0.4, -0.2) is 21.9 Å². The number of hydrogen-bond donors (Lipinski definition) is 2. The number of allylic oxidation sites excluding steroid dienone is 1. The lowest BCUT2D eigenvalue weighted by atomic mass is 9.47. The van der Waals surface area contributed by atoms with Gasteiger partial charge in [0.25, 0.3) is 0 Å². The second kappa shape index (κ2) is 8.32. The zero-order chi connectivity index (χ0) is 22.6. The van der Waals surface area contributed by atoms with E-state index in [2.05, 4.69) is 47.3 Å². The van der Waals surface area contributed by atoms with Crippen molar-refractivity contribution < 1.29 is 10.2 Å². The van der Waals surface area contributed by atoms with Crippen LogP contribution in [0.4, 0.5) is 0 Å². The van der Waals surface area contributed by atoms with Crippen molar-refractivity contribution in [3.8, 4) is 0 Å². The van der Waals surface area contributed by atoms with E-state index in [0.29, 0.717) is 16.7 Å². The molecule has 4 rings (SSSR count). The van der Waals surface area contributed by atoms with E-state index in [1.807, 2.05) is 0 Å². The standard InChI is InChI=1S/C29H48O2/c1-7-29(31,19(2)3)17-12-20(4)24-10-11-25-23-9-8-21-18-22(30)13-15-27(21,5)26(23)14-16-28(24,25)6/h7-8,19-20,22-26,30-31H,1,9-18H2,2-6H3/t20-,22+,23?,24?,25?,26?,27+,28-,29?/m1/s1. The van der Waals surface area contributed by atoms with Gasteiger partial charge in [-0.1, -0.05) is 52.3 Å². The molecule has 0 aromatic heterocycles. The average Bonchev–Trinajstić information content (AvgIpc) is 3.09. The number of hydrogen-bond acceptors (Lipinski definition) is 2. The van der Waals surface area contributed by atoms with E-state index in [4.69, 9.17) is 0 Å². The summed E-state index contributed by atoms with van der Waals surface area (Å²) in [6.45, 7) is 15.7. The zero-order valence-electron chi connectivity index (χ0n) is 20.9. The molecule has 0 saturated heterocycles. The maximum atomic E-state index is 11.0. The van der Waals surface area contributed by atoms with Gasteiger partial charge in [0.2, 0.25) is 0 Å². The highest BCUT2D eigenvalue weighted by Crippen LogP contribution is 2.67. The SMILES string of the molecule is C=CC(O)(CC[C@@H](C)C1CCC2C3CC=C4C[C@@H](O)CC[C@]4(C)C3CC[C@@]21C)C(C)C. The van der Waals surface area contributed by atoms with Gasteiger partial charge < -0.3 is 10.2 Å². The largest absolute Gasteiger partial charge is 0.393 e. The number of aliphatic hydroxyl groups excluding tert-OH is 1. The molecule has 4 aliphatic carbocycles. The molecule has 0 aliphatic heterocycles. The van der Waals surface area contributed by atoms with E-state index in [9.17, 15) is 10.2 Å². The third-order valence-electron chi connectivity index (χ3n) is 11.2. The minimum Gasteiger partial charge on any atom is -0.393 e. The van der Waals surface area contributed by atoms with Crippen LogP contribution in [0.2, 0.25) is 0 Å². The number of aliphatic hydroxyl groups is 2. The molecule has 0 aromatic rings. The lowest BCUT2D eigenvalue weighted by Crippen LogP contribution is -2.50. The predicted molar refractivity (Wildman–Crippen MR) is 130 cm³/mol. The van der Waals surface area contributed by atoms with Gasteiger partial charge in [0.1, 0.15) is 0 Å². The number of rotatable bonds is 6. The van der Waals surface area contributed by atoms with E-state index in [-0.39, 0.29) is 12.0 Å². The normalized spacial score (nSPS) is 45.2. The second-order valence-electron chi connectivity index (χ2n) is 12.8. The fourth-order valence-corrected chi connectivity index (χ4v) is 8.90. The Kier molecular flexibility index (Phi) is 6.32. The molecule has 0 heterocycles. The van der Waals surface area contributed by atoms with Crippen LogP contribution in [0.15, 0.2) is 24.3 Å². The topological polar surface area (TPSA) is 40.5 Å². The Balaban J connectivity index is 1.49. The van der Waals surface area contributed by atoms with Crippen LogP contribution in [0.5, 0.6) is 0 Å². The number of fused-ring (bicyclic) bond motifs is 5. The van der Waals surface area contributed by atoms with Crippen LogP contribution in [0.3, 0.4) is 0 Å². The summed E-state index contributed by atoms with van der Waals surface area (Å²) in [5.41, 5.74) is 1.65. The summed E-state index contributed by atoms with van der Waals surface area (Å²) in [5.74, 6) is 4.17. The molecule has 176 valence electrons. The fraction of sp³-hybridized carbons (Fsp3) is 0.862. The average molecular weight is 429 g/mol. The molecule has 0 bridgehead atoms. The highest BCUT2D eigenvalue weighted by atomic mass is 16.3. The second-order valence-corrected chi connectivity index (χ2v) is 12.8. The molecule has 5 unspecified atom stereocenters. The lowest BCUT2D eigenvalue weighted by molar-refractivity contribution is -0.0590. The van der Waals surface area contributed by atoms with E-state index < -0.39 is 5.60 Å². The Labute approximate surface area is 191 Å². The molecule has 2 N–H and O–H groups in total. The highest BCUT2D eigenvalue weighted by molar-refractivity contribution is 5.25. The summed E-state index contributed by atoms with van der Waals surface area (Å²) in [6, 6.07) is 0. The fourth-order valence-electron chi connectivity index (χ4n) is 8.90. The van der Waals surface area contributed by atoms with E-state index in [1.165, 1.54) is 38.5 Å². The summed E-state index contributed by atoms with van der Waals surface area (Å²) >= 11 is 0. The van der Waals surface area contributed by atoms with Crippen LogP contribution in [0, 0.1) is 46.3 Å². The smallest absolute Gasteiger partial charge is 0.0847 e. The summed E-state index contributed by atoms with van der Waals surface area (Å²) < 4.78 is 0. The first-order valence-corrected chi connectivity index (χ1v) is 13.3. The van der Waals surface area contributed by atoms with Gasteiger partial charge >= 0.3 is 0 Å². The first-order valence-electron chi connectivity index (χ1n) is 13.3. The molecule has 4 aliphatic rings. The van der Waals surface area contributed by atoms with E-state index >= 15 is 0 Å². The summed E-state index contributed by atoms with van der Waals surface area (Å²) in [6.07, 6.45) is 16.0. The lowest BCUT2D eigenvalue weighted by Gasteiger charge is -2.58. The highest BCUT2D eigenvalue weighted by Gasteiger charge is 2.59. The van der Waals surface area contributed by atoms with Crippen LogP contribution in [0.1, 0.15) is 98.8 Å². The van der Waals surface area contributed by atoms with Gasteiger partial charge in [-0.2, -0.15) is 0 Å². The van der Waals surface area contributed by atoms with Gasteiger partial charge in [0.05, 0.1) is 11.7 Å². The van der Waals surface area contributed by atoms with Crippen molar-refractivity contribution in [3.63, 3.8) is 0 Å². The molecule has 2 heteroatoms. The molecule has 31 heavy (non-hydrogen) atoms. The predicted octanol–water partition coefficient (Wildman–Crippen LogP) is 6.92. The van der Waals surface area contributed by atoms with Crippen LogP contribution in [0.25, 0.3) is 0 Å². The van der Waals surface area contributed by atoms with Gasteiger partial charge in [-0.3, -0.25) is 0 Å². The van der Waals surface area contributed by atoms with Crippen LogP contribution < -0.4 is 0 Å². The summed E-state index contributed by atoms with van der Waals surface area (Å²) in [4.78, 5) is 0. The van der Waals surface area contributed by atoms with Crippen molar-refractivity contribution in [3.05, 3.63) is 24.3 Å². The van der Waals surface area contributed by atoms with Gasteiger partial charge in [-0.05, 0) is 111 Å². The van der Waals surface area contributed by atoms with Crippen molar-refractivity contribution in [1.82, 2.24) is 0 Å².